The molecule has 0 aliphatic carbocycles. The molecule has 2 aromatic rings. The lowest BCUT2D eigenvalue weighted by Gasteiger charge is -2.24. The molecule has 1 N–H and O–H groups in total. The van der Waals surface area contributed by atoms with Gasteiger partial charge >= 0.3 is 0 Å². The highest BCUT2D eigenvalue weighted by Gasteiger charge is 2.38. The summed E-state index contributed by atoms with van der Waals surface area (Å²) in [4.78, 5) is 0.0327. The van der Waals surface area contributed by atoms with Gasteiger partial charge in [-0.25, -0.2) is 13.1 Å². The van der Waals surface area contributed by atoms with E-state index in [-0.39, 0.29) is 23.0 Å². The van der Waals surface area contributed by atoms with Crippen LogP contribution in [0.4, 0.5) is 0 Å². The molecule has 2 aromatic carbocycles. The van der Waals surface area contributed by atoms with E-state index < -0.39 is 38.1 Å². The van der Waals surface area contributed by atoms with E-state index in [4.69, 9.17) is 13.7 Å². The Labute approximate surface area is 183 Å². The van der Waals surface area contributed by atoms with Crippen LogP contribution in [0.2, 0.25) is 0 Å². The summed E-state index contributed by atoms with van der Waals surface area (Å²) in [5, 5.41) is 0. The van der Waals surface area contributed by atoms with Gasteiger partial charge in [0.15, 0.2) is 5.79 Å². The Kier molecular flexibility index (Phi) is 6.90. The second-order valence-electron chi connectivity index (χ2n) is 7.96. The predicted octanol–water partition coefficient (Wildman–Crippen LogP) is 2.51. The summed E-state index contributed by atoms with van der Waals surface area (Å²) in [6.45, 7) is 6.70. The first-order valence-corrected chi connectivity index (χ1v) is 12.6. The van der Waals surface area contributed by atoms with Gasteiger partial charge in [-0.1, -0.05) is 35.4 Å². The van der Waals surface area contributed by atoms with Crippen molar-refractivity contribution in [3.8, 4) is 0 Å². The van der Waals surface area contributed by atoms with Crippen LogP contribution in [0.15, 0.2) is 58.3 Å². The van der Waals surface area contributed by atoms with Crippen LogP contribution >= 0.6 is 0 Å². The summed E-state index contributed by atoms with van der Waals surface area (Å²) in [7, 11) is -8.11. The number of sulfonamides is 1. The zero-order valence-corrected chi connectivity index (χ0v) is 19.5. The van der Waals surface area contributed by atoms with Crippen LogP contribution in [0.25, 0.3) is 0 Å². The molecule has 8 nitrogen and oxygen atoms in total. The van der Waals surface area contributed by atoms with Crippen LogP contribution in [0.5, 0.6) is 0 Å². The highest BCUT2D eigenvalue weighted by molar-refractivity contribution is 7.89. The SMILES string of the molecule is Cc1ccc(S(=O)(=O)N[C@H]2COC(C)(C)OC[C@@H]2OS(=O)(=O)c2ccc(C)cc2)cc1. The van der Waals surface area contributed by atoms with E-state index in [2.05, 4.69) is 4.72 Å². The Balaban J connectivity index is 1.88. The van der Waals surface area contributed by atoms with E-state index >= 15 is 0 Å². The lowest BCUT2D eigenvalue weighted by molar-refractivity contribution is -0.203. The number of rotatable bonds is 6. The van der Waals surface area contributed by atoms with Gasteiger partial charge in [-0.3, -0.25) is 4.18 Å². The molecule has 1 saturated heterocycles. The summed E-state index contributed by atoms with van der Waals surface area (Å²) in [6, 6.07) is 11.5. The number of ether oxygens (including phenoxy) is 2. The number of hydrogen-bond donors (Lipinski definition) is 1. The standard InChI is InChI=1S/C21H27NO7S2/c1-15-5-9-17(10-6-15)30(23,24)22-19-13-27-21(3,4)28-14-20(19)29-31(25,26)18-11-7-16(2)8-12-18/h5-12,19-20,22H,13-14H2,1-4H3/t19-,20-/m0/s1. The van der Waals surface area contributed by atoms with E-state index in [0.29, 0.717) is 0 Å². The quantitative estimate of drug-likeness (QED) is 0.648. The topological polar surface area (TPSA) is 108 Å². The Bertz CT molecular complexity index is 1020. The third kappa shape index (κ3) is 6.12. The van der Waals surface area contributed by atoms with Crippen LogP contribution < -0.4 is 4.72 Å². The van der Waals surface area contributed by atoms with E-state index in [0.717, 1.165) is 11.1 Å². The van der Waals surface area contributed by atoms with E-state index in [1.807, 2.05) is 13.8 Å². The van der Waals surface area contributed by atoms with E-state index in [1.54, 1.807) is 38.1 Å². The molecule has 0 saturated carbocycles. The van der Waals surface area contributed by atoms with Gasteiger partial charge in [-0.15, -0.1) is 0 Å². The van der Waals surface area contributed by atoms with Crippen LogP contribution in [0.1, 0.15) is 25.0 Å². The highest BCUT2D eigenvalue weighted by atomic mass is 32.2. The lowest BCUT2D eigenvalue weighted by atomic mass is 10.2. The fraction of sp³-hybridized carbons (Fsp3) is 0.429. The first kappa shape index (κ1) is 23.8. The van der Waals surface area contributed by atoms with Gasteiger partial charge in [0.1, 0.15) is 6.10 Å². The molecule has 0 unspecified atom stereocenters. The molecule has 1 heterocycles. The second kappa shape index (κ2) is 8.97. The summed E-state index contributed by atoms with van der Waals surface area (Å²) in [5.74, 6) is -1.03. The Morgan fingerprint density at radius 3 is 1.87 bits per heavy atom. The number of hydrogen-bond acceptors (Lipinski definition) is 7. The van der Waals surface area contributed by atoms with E-state index in [1.165, 1.54) is 24.3 Å². The Morgan fingerprint density at radius 1 is 0.839 bits per heavy atom. The van der Waals surface area contributed by atoms with Gasteiger partial charge in [0, 0.05) is 0 Å². The van der Waals surface area contributed by atoms with E-state index in [9.17, 15) is 16.8 Å². The maximum absolute atomic E-state index is 12.9. The van der Waals surface area contributed by atoms with Crippen LogP contribution in [-0.2, 0) is 33.8 Å². The van der Waals surface area contributed by atoms with Gasteiger partial charge in [0.25, 0.3) is 10.1 Å². The van der Waals surface area contributed by atoms with Gasteiger partial charge in [0.2, 0.25) is 10.0 Å². The molecule has 170 valence electrons. The zero-order chi connectivity index (χ0) is 22.9. The number of aryl methyl sites for hydroxylation is 2. The maximum Gasteiger partial charge on any atom is 0.297 e. The maximum atomic E-state index is 12.9. The minimum atomic E-state index is -4.16. The van der Waals surface area contributed by atoms with Crippen molar-refractivity contribution < 1.29 is 30.5 Å². The zero-order valence-electron chi connectivity index (χ0n) is 17.9. The molecular formula is C21H27NO7S2. The molecule has 0 radical (unpaired) electrons. The number of benzene rings is 2. The van der Waals surface area contributed by atoms with Gasteiger partial charge in [-0.2, -0.15) is 8.42 Å². The van der Waals surface area contributed by atoms with Gasteiger partial charge in [-0.05, 0) is 52.0 Å². The smallest absolute Gasteiger partial charge is 0.297 e. The fourth-order valence-corrected chi connectivity index (χ4v) is 5.30. The molecule has 1 aliphatic rings. The normalized spacial score (nSPS) is 22.1. The fourth-order valence-electron chi connectivity index (χ4n) is 2.95. The van der Waals surface area contributed by atoms with Crippen molar-refractivity contribution in [1.82, 2.24) is 4.72 Å². The van der Waals surface area contributed by atoms with Crippen molar-refractivity contribution >= 4 is 20.1 Å². The molecule has 0 amide bonds. The predicted molar refractivity (Wildman–Crippen MR) is 115 cm³/mol. The number of nitrogens with one attached hydrogen (secondary N) is 1. The third-order valence-corrected chi connectivity index (χ3v) is 7.71. The Hall–Kier alpha value is -1.82. The molecule has 1 fully saturated rings. The average molecular weight is 470 g/mol. The summed E-state index contributed by atoms with van der Waals surface area (Å²) in [6.07, 6.45) is -1.13. The molecule has 0 aromatic heterocycles. The summed E-state index contributed by atoms with van der Waals surface area (Å²) in [5.41, 5.74) is 1.81. The molecule has 3 rings (SSSR count). The van der Waals surface area contributed by atoms with Crippen LogP contribution in [0.3, 0.4) is 0 Å². The molecule has 10 heteroatoms. The molecular weight excluding hydrogens is 442 g/mol. The minimum Gasteiger partial charge on any atom is -0.349 e. The second-order valence-corrected chi connectivity index (χ2v) is 11.3. The van der Waals surface area contributed by atoms with Crippen LogP contribution in [-0.4, -0.2) is 48.0 Å². The van der Waals surface area contributed by atoms with Crippen molar-refractivity contribution in [3.05, 3.63) is 59.7 Å². The summed E-state index contributed by atoms with van der Waals surface area (Å²) < 4.78 is 70.6. The molecule has 1 aliphatic heterocycles. The van der Waals surface area contributed by atoms with Crippen molar-refractivity contribution in [2.45, 2.75) is 55.4 Å². The average Bonchev–Trinajstić information content (AvgIpc) is 2.81. The molecule has 0 spiro atoms. The first-order valence-electron chi connectivity index (χ1n) is 9.75. The molecule has 2 atom stereocenters. The minimum absolute atomic E-state index is 0.0253. The highest BCUT2D eigenvalue weighted by Crippen LogP contribution is 2.24. The van der Waals surface area contributed by atoms with Gasteiger partial charge < -0.3 is 9.47 Å². The first-order chi connectivity index (χ1) is 14.4. The molecule has 31 heavy (non-hydrogen) atoms. The monoisotopic (exact) mass is 469 g/mol. The van der Waals surface area contributed by atoms with Crippen LogP contribution in [0, 0.1) is 13.8 Å². The van der Waals surface area contributed by atoms with Crippen molar-refractivity contribution in [2.24, 2.45) is 0 Å². The van der Waals surface area contributed by atoms with Crippen molar-refractivity contribution in [3.63, 3.8) is 0 Å². The van der Waals surface area contributed by atoms with Crippen molar-refractivity contribution in [2.75, 3.05) is 13.2 Å². The van der Waals surface area contributed by atoms with Crippen molar-refractivity contribution in [1.29, 1.82) is 0 Å². The Morgan fingerprint density at radius 2 is 1.32 bits per heavy atom. The summed E-state index contributed by atoms with van der Waals surface area (Å²) >= 11 is 0. The largest absolute Gasteiger partial charge is 0.349 e. The third-order valence-electron chi connectivity index (χ3n) is 4.85. The molecule has 0 bridgehead atoms. The van der Waals surface area contributed by atoms with Gasteiger partial charge in [0.05, 0.1) is 29.0 Å². The lowest BCUT2D eigenvalue weighted by Crippen LogP contribution is -2.48.